The van der Waals surface area contributed by atoms with Crippen molar-refractivity contribution in [1.82, 2.24) is 19.9 Å². The standard InChI is InChI=1S/2C13H12N2O/c2*1-8-13-11(5-6-14-8)10-4-3-9(16-2)7-12(10)15-13/h2*3-7,15H,1-2H3. The van der Waals surface area contributed by atoms with Gasteiger partial charge < -0.3 is 19.4 Å². The molecule has 0 unspecified atom stereocenters. The summed E-state index contributed by atoms with van der Waals surface area (Å²) in [7, 11) is 3.35. The molecule has 0 aliphatic heterocycles. The molecule has 6 aromatic rings. The van der Waals surface area contributed by atoms with Crippen molar-refractivity contribution in [3.8, 4) is 11.5 Å². The highest BCUT2D eigenvalue weighted by molar-refractivity contribution is 6.08. The zero-order valence-corrected chi connectivity index (χ0v) is 18.5. The van der Waals surface area contributed by atoms with Crippen LogP contribution in [0.1, 0.15) is 11.4 Å². The van der Waals surface area contributed by atoms with Crippen LogP contribution in [0.5, 0.6) is 11.5 Å². The van der Waals surface area contributed by atoms with Gasteiger partial charge in [-0.1, -0.05) is 0 Å². The lowest BCUT2D eigenvalue weighted by Crippen LogP contribution is -1.80. The van der Waals surface area contributed by atoms with Crippen LogP contribution in [-0.2, 0) is 0 Å². The monoisotopic (exact) mass is 424 g/mol. The Morgan fingerprint density at radius 2 is 1.03 bits per heavy atom. The number of fused-ring (bicyclic) bond motifs is 6. The molecule has 2 aromatic carbocycles. The van der Waals surface area contributed by atoms with E-state index in [-0.39, 0.29) is 0 Å². The fourth-order valence-corrected chi connectivity index (χ4v) is 4.14. The molecule has 0 saturated carbocycles. The van der Waals surface area contributed by atoms with E-state index in [1.807, 2.05) is 62.6 Å². The Bertz CT molecular complexity index is 1460. The highest BCUT2D eigenvalue weighted by atomic mass is 16.5. The third kappa shape index (κ3) is 3.30. The number of rotatable bonds is 2. The van der Waals surface area contributed by atoms with Gasteiger partial charge in [0, 0.05) is 46.1 Å². The summed E-state index contributed by atoms with van der Waals surface area (Å²) < 4.78 is 10.4. The summed E-state index contributed by atoms with van der Waals surface area (Å²) in [6.07, 6.45) is 3.68. The molecule has 0 amide bonds. The van der Waals surface area contributed by atoms with Crippen molar-refractivity contribution < 1.29 is 9.47 Å². The summed E-state index contributed by atoms with van der Waals surface area (Å²) in [5, 5.41) is 4.85. The van der Waals surface area contributed by atoms with E-state index >= 15 is 0 Å². The lowest BCUT2D eigenvalue weighted by atomic mass is 10.1. The van der Waals surface area contributed by atoms with Gasteiger partial charge in [0.05, 0.1) is 47.7 Å². The van der Waals surface area contributed by atoms with Crippen LogP contribution < -0.4 is 9.47 Å². The zero-order chi connectivity index (χ0) is 22.2. The van der Waals surface area contributed by atoms with E-state index in [9.17, 15) is 0 Å². The SMILES string of the molecule is COc1ccc2c(c1)[nH]c1c(C)nccc12.COc1ccc2c(c1)[nH]c1c(C)nccc12. The molecule has 0 saturated heterocycles. The largest absolute Gasteiger partial charge is 0.497 e. The second-order valence-corrected chi connectivity index (χ2v) is 7.71. The van der Waals surface area contributed by atoms with Gasteiger partial charge in [0.2, 0.25) is 0 Å². The number of H-pyrrole nitrogens is 2. The van der Waals surface area contributed by atoms with E-state index in [1.54, 1.807) is 14.2 Å². The fourth-order valence-electron chi connectivity index (χ4n) is 4.14. The van der Waals surface area contributed by atoms with Gasteiger partial charge >= 0.3 is 0 Å². The normalized spacial score (nSPS) is 11.1. The summed E-state index contributed by atoms with van der Waals surface area (Å²) in [5.74, 6) is 1.73. The predicted octanol–water partition coefficient (Wildman–Crippen LogP) is 6.07. The average Bonchev–Trinajstić information content (AvgIpc) is 3.38. The van der Waals surface area contributed by atoms with E-state index in [0.29, 0.717) is 0 Å². The Labute approximate surface area is 185 Å². The van der Waals surface area contributed by atoms with Crippen LogP contribution in [0.4, 0.5) is 0 Å². The van der Waals surface area contributed by atoms with Gasteiger partial charge in [0.1, 0.15) is 11.5 Å². The van der Waals surface area contributed by atoms with Gasteiger partial charge in [-0.25, -0.2) is 0 Å². The van der Waals surface area contributed by atoms with Gasteiger partial charge in [0.15, 0.2) is 0 Å². The van der Waals surface area contributed by atoms with Crippen LogP contribution in [0.25, 0.3) is 43.6 Å². The molecule has 0 fully saturated rings. The van der Waals surface area contributed by atoms with Crippen LogP contribution in [0.3, 0.4) is 0 Å². The first-order chi connectivity index (χ1) is 15.6. The van der Waals surface area contributed by atoms with Gasteiger partial charge in [-0.2, -0.15) is 0 Å². The first-order valence-electron chi connectivity index (χ1n) is 10.4. The van der Waals surface area contributed by atoms with E-state index in [1.165, 1.54) is 21.5 Å². The minimum absolute atomic E-state index is 0.865. The van der Waals surface area contributed by atoms with Gasteiger partial charge in [-0.15, -0.1) is 0 Å². The van der Waals surface area contributed by atoms with Crippen molar-refractivity contribution in [2.24, 2.45) is 0 Å². The number of aromatic nitrogens is 4. The number of aromatic amines is 2. The van der Waals surface area contributed by atoms with Gasteiger partial charge in [0.25, 0.3) is 0 Å². The zero-order valence-electron chi connectivity index (χ0n) is 18.5. The smallest absolute Gasteiger partial charge is 0.120 e. The molecule has 160 valence electrons. The molecule has 0 spiro atoms. The number of aryl methyl sites for hydroxylation is 2. The maximum atomic E-state index is 5.21. The van der Waals surface area contributed by atoms with Crippen LogP contribution in [0.2, 0.25) is 0 Å². The molecule has 0 aliphatic carbocycles. The van der Waals surface area contributed by atoms with Gasteiger partial charge in [-0.3, -0.25) is 9.97 Å². The Morgan fingerprint density at radius 3 is 1.44 bits per heavy atom. The number of hydrogen-bond donors (Lipinski definition) is 2. The summed E-state index contributed by atoms with van der Waals surface area (Å²) in [4.78, 5) is 15.3. The van der Waals surface area contributed by atoms with Crippen molar-refractivity contribution in [1.29, 1.82) is 0 Å². The third-order valence-corrected chi connectivity index (χ3v) is 5.83. The summed E-state index contributed by atoms with van der Waals surface area (Å²) in [6, 6.07) is 16.2. The summed E-state index contributed by atoms with van der Waals surface area (Å²) in [6.45, 7) is 4.02. The molecule has 0 atom stereocenters. The molecule has 32 heavy (non-hydrogen) atoms. The lowest BCUT2D eigenvalue weighted by Gasteiger charge is -1.98. The Balaban J connectivity index is 0.000000135. The molecule has 0 radical (unpaired) electrons. The number of methoxy groups -OCH3 is 2. The molecule has 4 heterocycles. The van der Waals surface area contributed by atoms with Crippen LogP contribution in [0, 0.1) is 13.8 Å². The molecule has 6 rings (SSSR count). The maximum absolute atomic E-state index is 5.21. The van der Waals surface area contributed by atoms with E-state index in [4.69, 9.17) is 9.47 Å². The van der Waals surface area contributed by atoms with Crippen molar-refractivity contribution in [3.05, 3.63) is 72.3 Å². The van der Waals surface area contributed by atoms with E-state index in [2.05, 4.69) is 32.1 Å². The first kappa shape index (κ1) is 19.9. The molecular weight excluding hydrogens is 400 g/mol. The number of hydrogen-bond acceptors (Lipinski definition) is 4. The van der Waals surface area contributed by atoms with E-state index in [0.717, 1.165) is 45.0 Å². The quantitative estimate of drug-likeness (QED) is 0.354. The number of pyridine rings is 2. The summed E-state index contributed by atoms with van der Waals surface area (Å²) in [5.41, 5.74) is 6.42. The molecule has 6 heteroatoms. The fraction of sp³-hybridized carbons (Fsp3) is 0.154. The second-order valence-electron chi connectivity index (χ2n) is 7.71. The second kappa shape index (κ2) is 7.89. The van der Waals surface area contributed by atoms with E-state index < -0.39 is 0 Å². The predicted molar refractivity (Wildman–Crippen MR) is 130 cm³/mol. The molecule has 0 aliphatic rings. The Hall–Kier alpha value is -4.06. The molecule has 0 bridgehead atoms. The van der Waals surface area contributed by atoms with Crippen molar-refractivity contribution in [3.63, 3.8) is 0 Å². The topological polar surface area (TPSA) is 75.8 Å². The van der Waals surface area contributed by atoms with Crippen molar-refractivity contribution >= 4 is 43.6 Å². The number of nitrogens with zero attached hydrogens (tertiary/aromatic N) is 2. The minimum atomic E-state index is 0.865. The van der Waals surface area contributed by atoms with Gasteiger partial charge in [-0.05, 0) is 50.2 Å². The van der Waals surface area contributed by atoms with Crippen LogP contribution in [-0.4, -0.2) is 34.2 Å². The Morgan fingerprint density at radius 1 is 0.594 bits per heavy atom. The first-order valence-corrected chi connectivity index (χ1v) is 10.4. The number of nitrogens with one attached hydrogen (secondary N) is 2. The highest BCUT2D eigenvalue weighted by Gasteiger charge is 2.08. The van der Waals surface area contributed by atoms with Crippen LogP contribution >= 0.6 is 0 Å². The van der Waals surface area contributed by atoms with Crippen molar-refractivity contribution in [2.75, 3.05) is 14.2 Å². The molecule has 2 N–H and O–H groups in total. The molecule has 4 aromatic heterocycles. The van der Waals surface area contributed by atoms with Crippen LogP contribution in [0.15, 0.2) is 60.9 Å². The molecular formula is C26H24N4O2. The average molecular weight is 425 g/mol. The highest BCUT2D eigenvalue weighted by Crippen LogP contribution is 2.30. The lowest BCUT2D eigenvalue weighted by molar-refractivity contribution is 0.415. The number of ether oxygens (including phenoxy) is 2. The Kier molecular flexibility index (Phi) is 4.90. The maximum Gasteiger partial charge on any atom is 0.120 e. The molecule has 6 nitrogen and oxygen atoms in total. The minimum Gasteiger partial charge on any atom is -0.497 e. The summed E-state index contributed by atoms with van der Waals surface area (Å²) >= 11 is 0. The van der Waals surface area contributed by atoms with Crippen molar-refractivity contribution in [2.45, 2.75) is 13.8 Å². The third-order valence-electron chi connectivity index (χ3n) is 5.83. The number of benzene rings is 2.